The maximum absolute atomic E-state index is 8.90. The number of aryl methyl sites for hydroxylation is 1. The molecule has 1 unspecified atom stereocenters. The van der Waals surface area contributed by atoms with E-state index < -0.39 is 0 Å². The highest BCUT2D eigenvalue weighted by molar-refractivity contribution is 7.09. The third-order valence-electron chi connectivity index (χ3n) is 2.57. The molecule has 3 N–H and O–H groups in total. The number of aliphatic hydroxyl groups is 1. The molecule has 0 saturated carbocycles. The summed E-state index contributed by atoms with van der Waals surface area (Å²) < 4.78 is 0. The van der Waals surface area contributed by atoms with Gasteiger partial charge >= 0.3 is 0 Å². The van der Waals surface area contributed by atoms with Crippen LogP contribution in [0, 0.1) is 6.92 Å². The van der Waals surface area contributed by atoms with Crippen molar-refractivity contribution in [2.24, 2.45) is 5.73 Å². The van der Waals surface area contributed by atoms with Gasteiger partial charge < -0.3 is 10.8 Å². The van der Waals surface area contributed by atoms with E-state index in [9.17, 15) is 0 Å². The van der Waals surface area contributed by atoms with Crippen molar-refractivity contribution in [3.05, 3.63) is 40.2 Å². The molecule has 0 amide bonds. The summed E-state index contributed by atoms with van der Waals surface area (Å²) in [5, 5.41) is 11.9. The van der Waals surface area contributed by atoms with Gasteiger partial charge in [0.25, 0.3) is 0 Å². The zero-order chi connectivity index (χ0) is 12.3. The molecule has 0 aliphatic heterocycles. The summed E-state index contributed by atoms with van der Waals surface area (Å²) in [7, 11) is 0. The van der Waals surface area contributed by atoms with Crippen LogP contribution < -0.4 is 5.73 Å². The number of aliphatic hydroxyl groups excluding tert-OH is 1. The molecule has 17 heavy (non-hydrogen) atoms. The lowest BCUT2D eigenvalue weighted by atomic mass is 10.1. The Balaban J connectivity index is 2.15. The van der Waals surface area contributed by atoms with Gasteiger partial charge in [-0.2, -0.15) is 0 Å². The zero-order valence-electron chi connectivity index (χ0n) is 9.76. The molecule has 0 radical (unpaired) electrons. The lowest BCUT2D eigenvalue weighted by Gasteiger charge is -2.03. The van der Waals surface area contributed by atoms with E-state index in [1.165, 1.54) is 5.56 Å². The third kappa shape index (κ3) is 3.12. The predicted octanol–water partition coefficient (Wildman–Crippen LogP) is 1.98. The van der Waals surface area contributed by atoms with E-state index in [1.54, 1.807) is 11.3 Å². The first-order chi connectivity index (χ1) is 8.19. The van der Waals surface area contributed by atoms with E-state index in [2.05, 4.69) is 36.2 Å². The molecule has 0 bridgehead atoms. The summed E-state index contributed by atoms with van der Waals surface area (Å²) in [6.45, 7) is 2.07. The number of aromatic nitrogens is 1. The highest BCUT2D eigenvalue weighted by Crippen LogP contribution is 2.22. The Morgan fingerprint density at radius 1 is 1.35 bits per heavy atom. The molecule has 0 spiro atoms. The summed E-state index contributed by atoms with van der Waals surface area (Å²) >= 11 is 1.59. The smallest absolute Gasteiger partial charge is 0.0948 e. The van der Waals surface area contributed by atoms with Gasteiger partial charge in [0.2, 0.25) is 0 Å². The van der Waals surface area contributed by atoms with Gasteiger partial charge in [-0.25, -0.2) is 4.98 Å². The molecule has 1 aromatic carbocycles. The van der Waals surface area contributed by atoms with Crippen molar-refractivity contribution in [1.29, 1.82) is 0 Å². The average Bonchev–Trinajstić information content (AvgIpc) is 2.78. The summed E-state index contributed by atoms with van der Waals surface area (Å²) in [5.74, 6) is 0. The number of rotatable bonds is 4. The van der Waals surface area contributed by atoms with Crippen LogP contribution >= 0.6 is 11.3 Å². The molecule has 90 valence electrons. The number of hydrogen-bond acceptors (Lipinski definition) is 4. The number of thiazole rings is 1. The molecule has 4 heteroatoms. The van der Waals surface area contributed by atoms with Crippen LogP contribution in [0.4, 0.5) is 0 Å². The van der Waals surface area contributed by atoms with Crippen molar-refractivity contribution in [3.63, 3.8) is 0 Å². The highest BCUT2D eigenvalue weighted by Gasteiger charge is 2.08. The molecule has 0 aliphatic rings. The van der Waals surface area contributed by atoms with Gasteiger partial charge in [0.1, 0.15) is 0 Å². The molecule has 2 aromatic rings. The Bertz CT molecular complexity index is 478. The molecule has 1 heterocycles. The molecule has 1 atom stereocenters. The topological polar surface area (TPSA) is 59.1 Å². The molecule has 1 aromatic heterocycles. The number of nitrogens with zero attached hydrogens (tertiary/aromatic N) is 1. The standard InChI is InChI=1S/C13H16N2OS/c1-9-2-4-10(5-3-9)12-8-17-13(15-12)6-11(14)7-16/h2-5,8,11,16H,6-7,14H2,1H3. The van der Waals surface area contributed by atoms with Gasteiger partial charge in [-0.05, 0) is 6.92 Å². The van der Waals surface area contributed by atoms with E-state index in [0.717, 1.165) is 16.3 Å². The van der Waals surface area contributed by atoms with Crippen molar-refractivity contribution in [2.45, 2.75) is 19.4 Å². The minimum absolute atomic E-state index is 0.000551. The minimum Gasteiger partial charge on any atom is -0.395 e. The summed E-state index contributed by atoms with van der Waals surface area (Å²) in [6, 6.07) is 8.08. The molecule has 2 rings (SSSR count). The SMILES string of the molecule is Cc1ccc(-c2csc(CC(N)CO)n2)cc1. The van der Waals surface area contributed by atoms with Gasteiger partial charge in [0.05, 0.1) is 17.3 Å². The van der Waals surface area contributed by atoms with Crippen LogP contribution in [0.5, 0.6) is 0 Å². The summed E-state index contributed by atoms with van der Waals surface area (Å²) in [5.41, 5.74) is 9.03. The highest BCUT2D eigenvalue weighted by atomic mass is 32.1. The fourth-order valence-corrected chi connectivity index (χ4v) is 2.45. The second-order valence-corrected chi connectivity index (χ2v) is 5.08. The lowest BCUT2D eigenvalue weighted by molar-refractivity contribution is 0.265. The van der Waals surface area contributed by atoms with Gasteiger partial charge in [-0.3, -0.25) is 0 Å². The van der Waals surface area contributed by atoms with Crippen molar-refractivity contribution < 1.29 is 5.11 Å². The zero-order valence-corrected chi connectivity index (χ0v) is 10.6. The van der Waals surface area contributed by atoms with E-state index in [-0.39, 0.29) is 12.6 Å². The van der Waals surface area contributed by atoms with Crippen molar-refractivity contribution in [3.8, 4) is 11.3 Å². The minimum atomic E-state index is -0.216. The predicted molar refractivity (Wildman–Crippen MR) is 71.1 cm³/mol. The fourth-order valence-electron chi connectivity index (χ4n) is 1.55. The van der Waals surface area contributed by atoms with E-state index >= 15 is 0 Å². The Morgan fingerprint density at radius 2 is 2.06 bits per heavy atom. The maximum atomic E-state index is 8.90. The van der Waals surface area contributed by atoms with Crippen LogP contribution in [0.15, 0.2) is 29.6 Å². The molecule has 0 fully saturated rings. The molecular weight excluding hydrogens is 232 g/mol. The Hall–Kier alpha value is -1.23. The van der Waals surface area contributed by atoms with Crippen molar-refractivity contribution in [1.82, 2.24) is 4.98 Å². The Kier molecular flexibility index (Phi) is 3.89. The molecule has 0 aliphatic carbocycles. The largest absolute Gasteiger partial charge is 0.395 e. The average molecular weight is 248 g/mol. The number of benzene rings is 1. The van der Waals surface area contributed by atoms with Crippen LogP contribution in [0.2, 0.25) is 0 Å². The van der Waals surface area contributed by atoms with Crippen molar-refractivity contribution in [2.75, 3.05) is 6.61 Å². The lowest BCUT2D eigenvalue weighted by Crippen LogP contribution is -2.26. The van der Waals surface area contributed by atoms with Crippen LogP contribution in [-0.4, -0.2) is 22.7 Å². The summed E-state index contributed by atoms with van der Waals surface area (Å²) in [6.07, 6.45) is 0.632. The van der Waals surface area contributed by atoms with Crippen LogP contribution in [0.1, 0.15) is 10.6 Å². The maximum Gasteiger partial charge on any atom is 0.0948 e. The third-order valence-corrected chi connectivity index (χ3v) is 3.44. The van der Waals surface area contributed by atoms with Gasteiger partial charge in [0.15, 0.2) is 0 Å². The Morgan fingerprint density at radius 3 is 2.71 bits per heavy atom. The fraction of sp³-hybridized carbons (Fsp3) is 0.308. The van der Waals surface area contributed by atoms with Crippen LogP contribution in [0.25, 0.3) is 11.3 Å². The van der Waals surface area contributed by atoms with Crippen LogP contribution in [0.3, 0.4) is 0 Å². The second-order valence-electron chi connectivity index (χ2n) is 4.14. The van der Waals surface area contributed by atoms with E-state index in [4.69, 9.17) is 10.8 Å². The normalized spacial score (nSPS) is 12.6. The monoisotopic (exact) mass is 248 g/mol. The Labute approximate surface area is 105 Å². The number of nitrogens with two attached hydrogens (primary N) is 1. The first-order valence-electron chi connectivity index (χ1n) is 5.57. The summed E-state index contributed by atoms with van der Waals surface area (Å²) in [4.78, 5) is 4.53. The van der Waals surface area contributed by atoms with Crippen molar-refractivity contribution >= 4 is 11.3 Å². The quantitative estimate of drug-likeness (QED) is 0.870. The second kappa shape index (κ2) is 5.40. The first kappa shape index (κ1) is 12.2. The van der Waals surface area contributed by atoms with Gasteiger partial charge in [-0.1, -0.05) is 29.8 Å². The van der Waals surface area contributed by atoms with Gasteiger partial charge in [0, 0.05) is 23.4 Å². The van der Waals surface area contributed by atoms with Gasteiger partial charge in [-0.15, -0.1) is 11.3 Å². The molecule has 0 saturated heterocycles. The molecule has 3 nitrogen and oxygen atoms in total. The van der Waals surface area contributed by atoms with E-state index in [0.29, 0.717) is 6.42 Å². The van der Waals surface area contributed by atoms with E-state index in [1.807, 2.05) is 5.38 Å². The first-order valence-corrected chi connectivity index (χ1v) is 6.45. The molecular formula is C13H16N2OS. The van der Waals surface area contributed by atoms with Crippen LogP contribution in [-0.2, 0) is 6.42 Å². The number of hydrogen-bond donors (Lipinski definition) is 2.